The summed E-state index contributed by atoms with van der Waals surface area (Å²) in [5.74, 6) is 0. The van der Waals surface area contributed by atoms with Crippen LogP contribution in [0.3, 0.4) is 0 Å². The Balaban J connectivity index is 4.83. The van der Waals surface area contributed by atoms with Crippen molar-refractivity contribution in [2.24, 2.45) is 0 Å². The van der Waals surface area contributed by atoms with Crippen molar-refractivity contribution in [1.82, 2.24) is 0 Å². The number of nitrogens with zero attached hydrogens (tertiary/aromatic N) is 1. The second-order valence-electron chi connectivity index (χ2n) is 6.76. The molecule has 0 bridgehead atoms. The van der Waals surface area contributed by atoms with E-state index in [0.29, 0.717) is 19.8 Å². The number of hydrogen-bond donors (Lipinski definition) is 0. The first kappa shape index (κ1) is 25.9. The lowest BCUT2D eigenvalue weighted by atomic mass is 10.1. The number of hydrogen-bond acceptors (Lipinski definition) is 5. The van der Waals surface area contributed by atoms with E-state index in [1.807, 2.05) is 0 Å². The minimum absolute atomic E-state index is 0.0211. The first-order chi connectivity index (χ1) is 12.7. The maximum absolute atomic E-state index is 9.34. The maximum Gasteiger partial charge on any atom is 0.515 e. The molecule has 0 fully saturated rings. The number of rotatable bonds is 19. The Kier molecular flexibility index (Phi) is 18.3. The molecule has 0 heterocycles. The summed E-state index contributed by atoms with van der Waals surface area (Å²) in [7, 11) is -2.85. The third kappa shape index (κ3) is 11.6. The Morgan fingerprint density at radius 3 is 1.62 bits per heavy atom. The Bertz CT molecular complexity index is 331. The fourth-order valence-electron chi connectivity index (χ4n) is 2.80. The van der Waals surface area contributed by atoms with Crippen LogP contribution in [-0.4, -0.2) is 33.5 Å². The molecule has 0 aliphatic rings. The van der Waals surface area contributed by atoms with Crippen LogP contribution in [0, 0.1) is 10.7 Å². The summed E-state index contributed by atoms with van der Waals surface area (Å²) >= 11 is 1.30. The monoisotopic (exact) mass is 403 g/mol. The van der Waals surface area contributed by atoms with E-state index < -0.39 is 8.80 Å². The van der Waals surface area contributed by atoms with Crippen molar-refractivity contribution in [2.75, 3.05) is 19.8 Å². The van der Waals surface area contributed by atoms with Gasteiger partial charge in [-0.3, -0.25) is 0 Å². The zero-order chi connectivity index (χ0) is 19.5. The lowest BCUT2D eigenvalue weighted by molar-refractivity contribution is 0.0567. The molecule has 0 amide bonds. The molecule has 154 valence electrons. The van der Waals surface area contributed by atoms with E-state index >= 15 is 0 Å². The summed E-state index contributed by atoms with van der Waals surface area (Å²) in [6, 6.07) is 0. The largest absolute Gasteiger partial charge is 0.515 e. The maximum atomic E-state index is 9.34. The highest BCUT2D eigenvalue weighted by Crippen LogP contribution is 2.30. The van der Waals surface area contributed by atoms with E-state index in [1.165, 1.54) is 50.3 Å². The summed E-state index contributed by atoms with van der Waals surface area (Å²) in [5, 5.41) is 11.6. The molecule has 1 unspecified atom stereocenters. The van der Waals surface area contributed by atoms with Gasteiger partial charge >= 0.3 is 8.80 Å². The molecular weight excluding hydrogens is 362 g/mol. The van der Waals surface area contributed by atoms with Crippen LogP contribution in [0.25, 0.3) is 0 Å². The van der Waals surface area contributed by atoms with Crippen LogP contribution in [0.2, 0.25) is 0 Å². The lowest BCUT2D eigenvalue weighted by Gasteiger charge is -2.34. The molecule has 26 heavy (non-hydrogen) atoms. The van der Waals surface area contributed by atoms with Crippen molar-refractivity contribution in [3.05, 3.63) is 0 Å². The van der Waals surface area contributed by atoms with Gasteiger partial charge in [-0.1, -0.05) is 72.6 Å². The molecule has 0 aromatic rings. The van der Waals surface area contributed by atoms with Gasteiger partial charge in [0, 0.05) is 19.8 Å². The highest BCUT2D eigenvalue weighted by Gasteiger charge is 2.50. The molecule has 0 aliphatic heterocycles. The van der Waals surface area contributed by atoms with Gasteiger partial charge in [0.15, 0.2) is 0 Å². The third-order valence-corrected chi connectivity index (χ3v) is 8.92. The lowest BCUT2D eigenvalue weighted by Crippen LogP contribution is -2.55. The van der Waals surface area contributed by atoms with Gasteiger partial charge in [0.2, 0.25) is 0 Å². The fraction of sp³-hybridized carbons (Fsp3) is 0.950. The average Bonchev–Trinajstić information content (AvgIpc) is 2.66. The molecule has 0 aromatic heterocycles. The van der Waals surface area contributed by atoms with Crippen LogP contribution in [0.15, 0.2) is 0 Å². The van der Waals surface area contributed by atoms with Crippen LogP contribution in [-0.2, 0) is 13.3 Å². The van der Waals surface area contributed by atoms with Gasteiger partial charge in [-0.05, 0) is 37.4 Å². The van der Waals surface area contributed by atoms with Crippen molar-refractivity contribution in [1.29, 1.82) is 5.26 Å². The third-order valence-electron chi connectivity index (χ3n) is 4.18. The molecule has 0 N–H and O–H groups in total. The zero-order valence-corrected chi connectivity index (χ0v) is 19.4. The molecule has 1 atom stereocenters. The summed E-state index contributed by atoms with van der Waals surface area (Å²) in [6.07, 6.45) is 12.6. The summed E-state index contributed by atoms with van der Waals surface area (Å²) in [6.45, 7) is 10.5. The summed E-state index contributed by atoms with van der Waals surface area (Å²) in [4.78, 5) is 0.0211. The van der Waals surface area contributed by atoms with Crippen molar-refractivity contribution < 1.29 is 13.3 Å². The molecule has 0 radical (unpaired) electrons. The SMILES string of the molecule is CCCCCCCCCC(SC#N)[Si](OCCC)(OCCC)OCCC. The number of thiocyanates is 1. The quantitative estimate of drug-likeness (QED) is 0.140. The molecule has 0 aromatic carbocycles. The predicted octanol–water partition coefficient (Wildman–Crippen LogP) is 6.47. The Morgan fingerprint density at radius 1 is 0.731 bits per heavy atom. The highest BCUT2D eigenvalue weighted by molar-refractivity contribution is 8.05. The molecule has 0 rings (SSSR count). The minimum atomic E-state index is -2.85. The van der Waals surface area contributed by atoms with Crippen LogP contribution in [0.5, 0.6) is 0 Å². The smallest absolute Gasteiger partial charge is 0.373 e. The van der Waals surface area contributed by atoms with E-state index in [4.69, 9.17) is 13.3 Å². The standard InChI is InChI=1S/C20H41NO3SSi/c1-5-9-10-11-12-13-14-15-20(25-19-21)26(22-16-6-2,23-17-7-3)24-18-8-4/h20H,5-18H2,1-4H3. The molecule has 0 spiro atoms. The van der Waals surface area contributed by atoms with Crippen molar-refractivity contribution in [2.45, 2.75) is 103 Å². The van der Waals surface area contributed by atoms with Gasteiger partial charge in [0.05, 0.1) is 4.87 Å². The second-order valence-corrected chi connectivity index (χ2v) is 10.9. The molecular formula is C20H41NO3SSi. The predicted molar refractivity (Wildman–Crippen MR) is 114 cm³/mol. The summed E-state index contributed by atoms with van der Waals surface area (Å²) < 4.78 is 18.7. The molecule has 0 saturated carbocycles. The summed E-state index contributed by atoms with van der Waals surface area (Å²) in [5.41, 5.74) is 0. The van der Waals surface area contributed by atoms with Gasteiger partial charge in [0.1, 0.15) is 5.40 Å². The topological polar surface area (TPSA) is 51.5 Å². The van der Waals surface area contributed by atoms with E-state index in [9.17, 15) is 5.26 Å². The van der Waals surface area contributed by atoms with Crippen molar-refractivity contribution >= 4 is 20.6 Å². The Hall–Kier alpha value is -0.0631. The Morgan fingerprint density at radius 2 is 1.19 bits per heavy atom. The van der Waals surface area contributed by atoms with Crippen LogP contribution >= 0.6 is 11.8 Å². The highest BCUT2D eigenvalue weighted by atomic mass is 32.2. The van der Waals surface area contributed by atoms with E-state index in [-0.39, 0.29) is 4.87 Å². The van der Waals surface area contributed by atoms with Gasteiger partial charge in [-0.25, -0.2) is 0 Å². The van der Waals surface area contributed by atoms with E-state index in [1.54, 1.807) is 0 Å². The van der Waals surface area contributed by atoms with Crippen molar-refractivity contribution in [3.8, 4) is 5.40 Å². The van der Waals surface area contributed by atoms with Gasteiger partial charge in [-0.2, -0.15) is 5.26 Å². The first-order valence-electron chi connectivity index (χ1n) is 10.7. The normalized spacial score (nSPS) is 12.9. The van der Waals surface area contributed by atoms with E-state index in [2.05, 4.69) is 33.1 Å². The van der Waals surface area contributed by atoms with Crippen LogP contribution in [0.1, 0.15) is 98.3 Å². The molecule has 6 heteroatoms. The second kappa shape index (κ2) is 18.3. The fourth-order valence-corrected chi connectivity index (χ4v) is 7.39. The molecule has 4 nitrogen and oxygen atoms in total. The first-order valence-corrected chi connectivity index (χ1v) is 13.3. The number of nitriles is 1. The van der Waals surface area contributed by atoms with Crippen LogP contribution < -0.4 is 0 Å². The van der Waals surface area contributed by atoms with Gasteiger partial charge in [0.25, 0.3) is 0 Å². The zero-order valence-electron chi connectivity index (χ0n) is 17.6. The van der Waals surface area contributed by atoms with Crippen molar-refractivity contribution in [3.63, 3.8) is 0 Å². The Labute approximate surface area is 167 Å². The minimum Gasteiger partial charge on any atom is -0.373 e. The molecule has 0 saturated heterocycles. The van der Waals surface area contributed by atoms with Crippen LogP contribution in [0.4, 0.5) is 0 Å². The average molecular weight is 404 g/mol. The van der Waals surface area contributed by atoms with Gasteiger partial charge in [-0.15, -0.1) is 0 Å². The van der Waals surface area contributed by atoms with E-state index in [0.717, 1.165) is 32.1 Å². The van der Waals surface area contributed by atoms with Gasteiger partial charge < -0.3 is 13.3 Å². The number of thioether (sulfide) groups is 1. The number of unbranched alkanes of at least 4 members (excludes halogenated alkanes) is 6. The molecule has 0 aliphatic carbocycles.